The summed E-state index contributed by atoms with van der Waals surface area (Å²) in [6.45, 7) is 0. The molecule has 0 spiro atoms. The molecule has 0 amide bonds. The Labute approximate surface area is 141 Å². The molecule has 21 heavy (non-hydrogen) atoms. The van der Waals surface area contributed by atoms with Crippen LogP contribution in [0.3, 0.4) is 0 Å². The number of hydrogen-bond acceptors (Lipinski definition) is 1. The second-order valence-electron chi connectivity index (χ2n) is 3.82. The molecule has 0 aliphatic heterocycles. The van der Waals surface area contributed by atoms with E-state index < -0.39 is 34.9 Å². The summed E-state index contributed by atoms with van der Waals surface area (Å²) in [5.74, 6) is -4.34. The van der Waals surface area contributed by atoms with Crippen molar-refractivity contribution in [1.82, 2.24) is 0 Å². The lowest BCUT2D eigenvalue weighted by Crippen LogP contribution is -2.23. The molecule has 0 atom stereocenters. The van der Waals surface area contributed by atoms with Gasteiger partial charge in [-0.2, -0.15) is 8.78 Å². The fraction of sp³-hybridized carbons (Fsp3) is 0.0769. The summed E-state index contributed by atoms with van der Waals surface area (Å²) in [4.78, 5) is 0. The van der Waals surface area contributed by atoms with Crippen molar-refractivity contribution < 1.29 is 26.7 Å². The second kappa shape index (κ2) is 6.93. The monoisotopic (exact) mass is 378 g/mol. The van der Waals surface area contributed by atoms with Crippen LogP contribution in [0.5, 0.6) is 5.75 Å². The van der Waals surface area contributed by atoms with Crippen LogP contribution in [0, 0.1) is 17.5 Å². The highest BCUT2D eigenvalue weighted by Crippen LogP contribution is 2.34. The zero-order valence-corrected chi connectivity index (χ0v) is 11.2. The van der Waals surface area contributed by atoms with Gasteiger partial charge in [-0.05, 0) is 30.3 Å². The molecule has 110 valence electrons. The lowest BCUT2D eigenvalue weighted by Gasteiger charge is -2.19. The SMILES string of the molecule is Fc1ccc(OC(F)(F)c2ccc(Br)cc2F)cc1F.[MgH2]. The van der Waals surface area contributed by atoms with Crippen LogP contribution in [0.15, 0.2) is 40.9 Å². The van der Waals surface area contributed by atoms with E-state index in [1.54, 1.807) is 0 Å². The summed E-state index contributed by atoms with van der Waals surface area (Å²) in [5.41, 5.74) is -1.01. The third-order valence-electron chi connectivity index (χ3n) is 2.38. The van der Waals surface area contributed by atoms with Crippen molar-refractivity contribution in [3.05, 3.63) is 63.9 Å². The molecular formula is C13H8BrF5MgO. The number of halogens is 6. The van der Waals surface area contributed by atoms with Crippen LogP contribution in [0.1, 0.15) is 5.56 Å². The molecular weight excluding hydrogens is 371 g/mol. The Morgan fingerprint density at radius 3 is 2.10 bits per heavy atom. The average molecular weight is 379 g/mol. The number of alkyl halides is 2. The van der Waals surface area contributed by atoms with Gasteiger partial charge in [0.1, 0.15) is 17.1 Å². The van der Waals surface area contributed by atoms with E-state index in [4.69, 9.17) is 0 Å². The zero-order valence-electron chi connectivity index (χ0n) is 9.64. The van der Waals surface area contributed by atoms with Crippen LogP contribution >= 0.6 is 15.9 Å². The molecule has 0 aliphatic carbocycles. The molecule has 0 saturated carbocycles. The van der Waals surface area contributed by atoms with Crippen LogP contribution in [0.4, 0.5) is 22.0 Å². The predicted molar refractivity (Wildman–Crippen MR) is 73.5 cm³/mol. The molecule has 0 heterocycles. The van der Waals surface area contributed by atoms with Crippen molar-refractivity contribution in [2.45, 2.75) is 6.11 Å². The standard InChI is InChI=1S/C13H6BrF5O.Mg.2H/c14-7-1-3-9(11(16)5-7)13(18,19)20-8-2-4-10(15)12(17)6-8;;;/h1-6H;;;. The van der Waals surface area contributed by atoms with Crippen LogP contribution in [0.2, 0.25) is 0 Å². The quantitative estimate of drug-likeness (QED) is 0.577. The zero-order chi connectivity index (χ0) is 14.9. The first-order valence-corrected chi connectivity index (χ1v) is 6.06. The molecule has 0 saturated heterocycles. The largest absolute Gasteiger partial charge is 0.429 e. The van der Waals surface area contributed by atoms with Crippen molar-refractivity contribution in [2.24, 2.45) is 0 Å². The summed E-state index contributed by atoms with van der Waals surface area (Å²) >= 11 is 2.93. The molecule has 8 heteroatoms. The van der Waals surface area contributed by atoms with Gasteiger partial charge in [0.15, 0.2) is 11.6 Å². The van der Waals surface area contributed by atoms with Gasteiger partial charge < -0.3 is 4.74 Å². The minimum atomic E-state index is -4.02. The van der Waals surface area contributed by atoms with Crippen molar-refractivity contribution in [3.63, 3.8) is 0 Å². The Kier molecular flexibility index (Phi) is 6.00. The van der Waals surface area contributed by atoms with E-state index in [0.29, 0.717) is 12.1 Å². The highest BCUT2D eigenvalue weighted by Gasteiger charge is 2.37. The highest BCUT2D eigenvalue weighted by molar-refractivity contribution is 9.10. The van der Waals surface area contributed by atoms with Crippen molar-refractivity contribution in [3.8, 4) is 5.75 Å². The molecule has 2 aromatic carbocycles. The molecule has 1 nitrogen and oxygen atoms in total. The number of hydrogen-bond donors (Lipinski definition) is 0. The maximum atomic E-state index is 13.8. The van der Waals surface area contributed by atoms with Gasteiger partial charge in [-0.15, -0.1) is 0 Å². The van der Waals surface area contributed by atoms with E-state index in [1.165, 1.54) is 6.07 Å². The second-order valence-corrected chi connectivity index (χ2v) is 4.73. The summed E-state index contributed by atoms with van der Waals surface area (Å²) in [6, 6.07) is 4.81. The summed E-state index contributed by atoms with van der Waals surface area (Å²) in [5, 5.41) is 0. The van der Waals surface area contributed by atoms with Gasteiger partial charge in [-0.25, -0.2) is 13.2 Å². The first-order chi connectivity index (χ1) is 9.29. The Hall–Kier alpha value is -0.864. The summed E-state index contributed by atoms with van der Waals surface area (Å²) < 4.78 is 71.1. The summed E-state index contributed by atoms with van der Waals surface area (Å²) in [7, 11) is 0. The fourth-order valence-electron chi connectivity index (χ4n) is 1.47. The Morgan fingerprint density at radius 2 is 1.52 bits per heavy atom. The molecule has 0 fully saturated rings. The molecule has 0 unspecified atom stereocenters. The highest BCUT2D eigenvalue weighted by atomic mass is 79.9. The van der Waals surface area contributed by atoms with E-state index in [9.17, 15) is 22.0 Å². The number of benzene rings is 2. The minimum Gasteiger partial charge on any atom is -0.429 e. The fourth-order valence-corrected chi connectivity index (χ4v) is 1.80. The van der Waals surface area contributed by atoms with E-state index >= 15 is 0 Å². The van der Waals surface area contributed by atoms with Crippen LogP contribution < -0.4 is 4.74 Å². The first kappa shape index (κ1) is 18.2. The molecule has 2 aromatic rings. The average Bonchev–Trinajstić information content (AvgIpc) is 2.33. The van der Waals surface area contributed by atoms with E-state index in [-0.39, 0.29) is 27.5 Å². The van der Waals surface area contributed by atoms with Gasteiger partial charge >= 0.3 is 29.2 Å². The molecule has 0 radical (unpaired) electrons. The smallest absolute Gasteiger partial charge is 0.429 e. The van der Waals surface area contributed by atoms with E-state index in [0.717, 1.165) is 18.2 Å². The predicted octanol–water partition coefficient (Wildman–Crippen LogP) is 4.08. The van der Waals surface area contributed by atoms with Crippen LogP contribution in [0.25, 0.3) is 0 Å². The van der Waals surface area contributed by atoms with Gasteiger partial charge in [0.2, 0.25) is 0 Å². The maximum absolute atomic E-state index is 13.8. The van der Waals surface area contributed by atoms with Crippen molar-refractivity contribution in [2.75, 3.05) is 0 Å². The number of rotatable bonds is 3. The lowest BCUT2D eigenvalue weighted by atomic mass is 10.2. The van der Waals surface area contributed by atoms with Crippen LogP contribution in [-0.4, -0.2) is 23.1 Å². The van der Waals surface area contributed by atoms with Crippen molar-refractivity contribution in [1.29, 1.82) is 0 Å². The lowest BCUT2D eigenvalue weighted by molar-refractivity contribution is -0.187. The maximum Gasteiger partial charge on any atom is 0.429 e. The van der Waals surface area contributed by atoms with E-state index in [2.05, 4.69) is 20.7 Å². The van der Waals surface area contributed by atoms with Gasteiger partial charge in [-0.1, -0.05) is 15.9 Å². The van der Waals surface area contributed by atoms with Gasteiger partial charge in [0.25, 0.3) is 0 Å². The molecule has 0 aliphatic rings. The van der Waals surface area contributed by atoms with E-state index in [1.807, 2.05) is 0 Å². The third kappa shape index (κ3) is 4.30. The Morgan fingerprint density at radius 1 is 0.857 bits per heavy atom. The molecule has 2 rings (SSSR count). The third-order valence-corrected chi connectivity index (χ3v) is 2.88. The van der Waals surface area contributed by atoms with Crippen LogP contribution in [-0.2, 0) is 6.11 Å². The topological polar surface area (TPSA) is 9.23 Å². The summed E-state index contributed by atoms with van der Waals surface area (Å²) in [6.07, 6.45) is -4.02. The van der Waals surface area contributed by atoms with Gasteiger partial charge in [0.05, 0.1) is 0 Å². The molecule has 0 aromatic heterocycles. The molecule has 0 bridgehead atoms. The Bertz CT molecular complexity index is 650. The van der Waals surface area contributed by atoms with Gasteiger partial charge in [-0.3, -0.25) is 0 Å². The normalized spacial score (nSPS) is 11.0. The van der Waals surface area contributed by atoms with Crippen molar-refractivity contribution >= 4 is 39.0 Å². The Balaban J connectivity index is 0.00000220. The van der Waals surface area contributed by atoms with Gasteiger partial charge in [0, 0.05) is 10.5 Å². The first-order valence-electron chi connectivity index (χ1n) is 5.27. The minimum absolute atomic E-state index is 0. The number of ether oxygens (including phenoxy) is 1. The molecule has 0 N–H and O–H groups in total.